The van der Waals surface area contributed by atoms with E-state index in [9.17, 15) is 9.59 Å². The van der Waals surface area contributed by atoms with E-state index >= 15 is 0 Å². The maximum absolute atomic E-state index is 13.1. The number of benzene rings is 1. The summed E-state index contributed by atoms with van der Waals surface area (Å²) in [6, 6.07) is 9.39. The zero-order chi connectivity index (χ0) is 20.8. The summed E-state index contributed by atoms with van der Waals surface area (Å²) in [4.78, 5) is 32.1. The highest BCUT2D eigenvalue weighted by Gasteiger charge is 2.33. The molecule has 0 radical (unpaired) electrons. The molecule has 1 unspecified atom stereocenters. The van der Waals surface area contributed by atoms with E-state index in [2.05, 4.69) is 10.2 Å². The first-order valence-electron chi connectivity index (χ1n) is 11.4. The van der Waals surface area contributed by atoms with Crippen LogP contribution in [0.25, 0.3) is 0 Å². The van der Waals surface area contributed by atoms with Crippen molar-refractivity contribution in [2.24, 2.45) is 11.8 Å². The molecule has 3 aliphatic heterocycles. The van der Waals surface area contributed by atoms with Gasteiger partial charge < -0.3 is 19.9 Å². The number of hydrogen-bond acceptors (Lipinski definition) is 4. The molecule has 4 rings (SSSR count). The number of anilines is 1. The number of nitrogens with zero attached hydrogens (tertiary/aromatic N) is 3. The van der Waals surface area contributed by atoms with E-state index in [0.29, 0.717) is 19.0 Å². The van der Waals surface area contributed by atoms with Crippen LogP contribution >= 0.6 is 0 Å². The van der Waals surface area contributed by atoms with Crippen molar-refractivity contribution in [2.75, 3.05) is 64.3 Å². The van der Waals surface area contributed by atoms with Crippen LogP contribution in [0.2, 0.25) is 0 Å². The fraction of sp³-hybridized carbons (Fsp3) is 0.652. The lowest BCUT2D eigenvalue weighted by Crippen LogP contribution is -2.50. The Balaban J connectivity index is 1.23. The van der Waals surface area contributed by atoms with Gasteiger partial charge in [0.05, 0.1) is 19.1 Å². The molecule has 3 aliphatic rings. The minimum Gasteiger partial charge on any atom is -0.379 e. The standard InChI is InChI=1S/C23H34N4O3/c28-22(26-11-8-19(9-12-26)17-25-13-15-30-16-14-25)20-5-4-10-27(18-20)23(29)24-21-6-2-1-3-7-21/h1-3,6-7,19-20H,4-5,8-18H2,(H,24,29). The van der Waals surface area contributed by atoms with Crippen molar-refractivity contribution >= 4 is 17.6 Å². The van der Waals surface area contributed by atoms with Crippen molar-refractivity contribution in [1.82, 2.24) is 14.7 Å². The number of morpholine rings is 1. The predicted octanol–water partition coefficient (Wildman–Crippen LogP) is 2.50. The summed E-state index contributed by atoms with van der Waals surface area (Å²) in [5, 5.41) is 2.94. The summed E-state index contributed by atoms with van der Waals surface area (Å²) in [6.07, 6.45) is 3.91. The zero-order valence-corrected chi connectivity index (χ0v) is 17.8. The predicted molar refractivity (Wildman–Crippen MR) is 116 cm³/mol. The molecule has 0 aliphatic carbocycles. The molecule has 7 nitrogen and oxygen atoms in total. The Morgan fingerprint density at radius 2 is 1.67 bits per heavy atom. The van der Waals surface area contributed by atoms with Crippen LogP contribution in [0.4, 0.5) is 10.5 Å². The molecule has 0 bridgehead atoms. The second kappa shape index (κ2) is 10.3. The van der Waals surface area contributed by atoms with Crippen molar-refractivity contribution in [1.29, 1.82) is 0 Å². The van der Waals surface area contributed by atoms with Crippen LogP contribution in [0, 0.1) is 11.8 Å². The van der Waals surface area contributed by atoms with Crippen molar-refractivity contribution in [2.45, 2.75) is 25.7 Å². The van der Waals surface area contributed by atoms with Crippen LogP contribution < -0.4 is 5.32 Å². The number of rotatable bonds is 4. The number of piperidine rings is 2. The molecule has 0 saturated carbocycles. The normalized spacial score (nSPS) is 23.9. The van der Waals surface area contributed by atoms with Crippen molar-refractivity contribution in [3.63, 3.8) is 0 Å². The molecule has 7 heteroatoms. The molecule has 3 fully saturated rings. The molecule has 3 heterocycles. The number of ether oxygens (including phenoxy) is 1. The Hall–Kier alpha value is -2.12. The van der Waals surface area contributed by atoms with Gasteiger partial charge in [-0.15, -0.1) is 0 Å². The average Bonchev–Trinajstić information content (AvgIpc) is 2.80. The summed E-state index contributed by atoms with van der Waals surface area (Å²) in [5.41, 5.74) is 0.790. The number of hydrogen-bond donors (Lipinski definition) is 1. The lowest BCUT2D eigenvalue weighted by Gasteiger charge is -2.39. The molecule has 3 amide bonds. The summed E-state index contributed by atoms with van der Waals surface area (Å²) in [6.45, 7) is 7.80. The van der Waals surface area contributed by atoms with E-state index in [1.54, 1.807) is 4.90 Å². The molecule has 1 atom stereocenters. The van der Waals surface area contributed by atoms with E-state index < -0.39 is 0 Å². The fourth-order valence-corrected chi connectivity index (χ4v) is 4.83. The SMILES string of the molecule is O=C(Nc1ccccc1)N1CCCC(C(=O)N2CCC(CN3CCOCC3)CC2)C1. The van der Waals surface area contributed by atoms with Crippen LogP contribution in [0.3, 0.4) is 0 Å². The van der Waals surface area contributed by atoms with Gasteiger partial charge in [0, 0.05) is 51.5 Å². The maximum atomic E-state index is 13.1. The van der Waals surface area contributed by atoms with Gasteiger partial charge in [-0.05, 0) is 43.7 Å². The number of urea groups is 1. The number of amides is 3. The first-order valence-corrected chi connectivity index (χ1v) is 11.4. The monoisotopic (exact) mass is 414 g/mol. The van der Waals surface area contributed by atoms with E-state index in [-0.39, 0.29) is 17.9 Å². The van der Waals surface area contributed by atoms with E-state index in [1.165, 1.54) is 0 Å². The first kappa shape index (κ1) is 21.1. The number of nitrogens with one attached hydrogen (secondary N) is 1. The van der Waals surface area contributed by atoms with Gasteiger partial charge >= 0.3 is 6.03 Å². The Kier molecular flexibility index (Phi) is 7.23. The van der Waals surface area contributed by atoms with Crippen molar-refractivity contribution in [3.8, 4) is 0 Å². The third-order valence-corrected chi connectivity index (χ3v) is 6.63. The molecule has 1 aromatic carbocycles. The summed E-state index contributed by atoms with van der Waals surface area (Å²) in [7, 11) is 0. The van der Waals surface area contributed by atoms with Gasteiger partial charge in [0.25, 0.3) is 0 Å². The van der Waals surface area contributed by atoms with Crippen LogP contribution in [0.1, 0.15) is 25.7 Å². The lowest BCUT2D eigenvalue weighted by atomic mass is 9.92. The highest BCUT2D eigenvalue weighted by molar-refractivity contribution is 5.90. The van der Waals surface area contributed by atoms with Gasteiger partial charge in [-0.25, -0.2) is 4.79 Å². The van der Waals surface area contributed by atoms with Crippen molar-refractivity contribution < 1.29 is 14.3 Å². The van der Waals surface area contributed by atoms with Gasteiger partial charge in [-0.1, -0.05) is 18.2 Å². The molecule has 30 heavy (non-hydrogen) atoms. The summed E-state index contributed by atoms with van der Waals surface area (Å²) in [5.74, 6) is 0.833. The second-order valence-corrected chi connectivity index (χ2v) is 8.76. The van der Waals surface area contributed by atoms with E-state index in [0.717, 1.165) is 77.3 Å². The Bertz CT molecular complexity index is 700. The van der Waals surface area contributed by atoms with E-state index in [4.69, 9.17) is 4.74 Å². The maximum Gasteiger partial charge on any atom is 0.321 e. The number of carbonyl (C=O) groups is 2. The Morgan fingerprint density at radius 3 is 2.40 bits per heavy atom. The zero-order valence-electron chi connectivity index (χ0n) is 17.8. The summed E-state index contributed by atoms with van der Waals surface area (Å²) >= 11 is 0. The van der Waals surface area contributed by atoms with Crippen LogP contribution in [0.5, 0.6) is 0 Å². The molecule has 1 aromatic rings. The first-order chi connectivity index (χ1) is 14.7. The quantitative estimate of drug-likeness (QED) is 0.822. The number of carbonyl (C=O) groups excluding carboxylic acids is 2. The van der Waals surface area contributed by atoms with E-state index in [1.807, 2.05) is 35.2 Å². The average molecular weight is 415 g/mol. The van der Waals surface area contributed by atoms with Gasteiger partial charge in [-0.2, -0.15) is 0 Å². The highest BCUT2D eigenvalue weighted by Crippen LogP contribution is 2.24. The minimum atomic E-state index is -0.108. The lowest BCUT2D eigenvalue weighted by molar-refractivity contribution is -0.138. The largest absolute Gasteiger partial charge is 0.379 e. The molecule has 0 spiro atoms. The van der Waals surface area contributed by atoms with Gasteiger partial charge in [0.1, 0.15) is 0 Å². The molecule has 3 saturated heterocycles. The number of likely N-dealkylation sites (tertiary alicyclic amines) is 2. The summed E-state index contributed by atoms with van der Waals surface area (Å²) < 4.78 is 5.44. The molecular formula is C23H34N4O3. The smallest absolute Gasteiger partial charge is 0.321 e. The third-order valence-electron chi connectivity index (χ3n) is 6.63. The third kappa shape index (κ3) is 5.52. The number of para-hydroxylation sites is 1. The minimum absolute atomic E-state index is 0.0731. The van der Waals surface area contributed by atoms with Gasteiger partial charge in [-0.3, -0.25) is 9.69 Å². The van der Waals surface area contributed by atoms with Crippen LogP contribution in [-0.4, -0.2) is 85.7 Å². The Labute approximate surface area is 179 Å². The molecule has 164 valence electrons. The topological polar surface area (TPSA) is 65.1 Å². The van der Waals surface area contributed by atoms with Gasteiger partial charge in [0.15, 0.2) is 0 Å². The van der Waals surface area contributed by atoms with Crippen LogP contribution in [-0.2, 0) is 9.53 Å². The Morgan fingerprint density at radius 1 is 0.933 bits per heavy atom. The van der Waals surface area contributed by atoms with Crippen LogP contribution in [0.15, 0.2) is 30.3 Å². The molecule has 1 N–H and O–H groups in total. The highest BCUT2D eigenvalue weighted by atomic mass is 16.5. The second-order valence-electron chi connectivity index (χ2n) is 8.76. The van der Waals surface area contributed by atoms with Crippen molar-refractivity contribution in [3.05, 3.63) is 30.3 Å². The van der Waals surface area contributed by atoms with Gasteiger partial charge in [0.2, 0.25) is 5.91 Å². The molecular weight excluding hydrogens is 380 g/mol. The fourth-order valence-electron chi connectivity index (χ4n) is 4.83. The molecule has 0 aromatic heterocycles.